The summed E-state index contributed by atoms with van der Waals surface area (Å²) < 4.78 is 5.46. The molecule has 0 bridgehead atoms. The molecule has 1 atom stereocenters. The highest BCUT2D eigenvalue weighted by Gasteiger charge is 2.22. The van der Waals surface area contributed by atoms with Crippen molar-refractivity contribution in [1.29, 1.82) is 5.26 Å². The minimum absolute atomic E-state index is 0.186. The summed E-state index contributed by atoms with van der Waals surface area (Å²) in [6.45, 7) is 0.195. The van der Waals surface area contributed by atoms with Gasteiger partial charge in [0.25, 0.3) is 0 Å². The molecule has 2 amide bonds. The van der Waals surface area contributed by atoms with E-state index < -0.39 is 11.8 Å². The number of nitriles is 1. The van der Waals surface area contributed by atoms with Gasteiger partial charge in [-0.15, -0.1) is 11.3 Å². The zero-order valence-corrected chi connectivity index (χ0v) is 15.5. The van der Waals surface area contributed by atoms with Gasteiger partial charge < -0.3 is 15.1 Å². The van der Waals surface area contributed by atoms with Crippen molar-refractivity contribution in [1.82, 2.24) is 5.32 Å². The van der Waals surface area contributed by atoms with Gasteiger partial charge in [-0.3, -0.25) is 9.59 Å². The number of hydrogen-bond donors (Lipinski definition) is 2. The lowest BCUT2D eigenvalue weighted by molar-refractivity contribution is -0.136. The van der Waals surface area contributed by atoms with Crippen molar-refractivity contribution >= 4 is 40.4 Å². The van der Waals surface area contributed by atoms with E-state index in [2.05, 4.69) is 10.6 Å². The molecule has 0 unspecified atom stereocenters. The molecule has 3 rings (SSSR count). The number of halogens is 1. The quantitative estimate of drug-likeness (QED) is 0.638. The van der Waals surface area contributed by atoms with Gasteiger partial charge in [-0.05, 0) is 41.8 Å². The second-order valence-electron chi connectivity index (χ2n) is 5.55. The summed E-state index contributed by atoms with van der Waals surface area (Å²) in [5, 5.41) is 16.4. The van der Waals surface area contributed by atoms with E-state index in [9.17, 15) is 9.59 Å². The number of hydrogen-bond acceptors (Lipinski definition) is 5. The molecule has 8 heteroatoms. The van der Waals surface area contributed by atoms with Crippen molar-refractivity contribution in [2.75, 3.05) is 11.9 Å². The van der Waals surface area contributed by atoms with Gasteiger partial charge in [-0.25, -0.2) is 0 Å². The smallest absolute Gasteiger partial charge is 0.313 e. The van der Waals surface area contributed by atoms with Crippen LogP contribution in [0.5, 0.6) is 0 Å². The number of nitrogens with one attached hydrogen (secondary N) is 2. The molecule has 0 aliphatic heterocycles. The normalized spacial score (nSPS) is 11.4. The van der Waals surface area contributed by atoms with E-state index >= 15 is 0 Å². The fourth-order valence-corrected chi connectivity index (χ4v) is 3.50. The van der Waals surface area contributed by atoms with E-state index in [0.717, 1.165) is 4.88 Å². The molecular weight excluding hydrogens is 386 g/mol. The lowest BCUT2D eigenvalue weighted by Crippen LogP contribution is -2.37. The number of anilines is 1. The Balaban J connectivity index is 1.67. The van der Waals surface area contributed by atoms with Gasteiger partial charge in [0.05, 0.1) is 23.4 Å². The fraction of sp³-hybridized carbons (Fsp3) is 0.105. The molecule has 1 aromatic carbocycles. The van der Waals surface area contributed by atoms with Crippen LogP contribution in [0.1, 0.15) is 22.1 Å². The number of carbonyl (C=O) groups excluding carboxylic acids is 2. The van der Waals surface area contributed by atoms with Gasteiger partial charge in [0, 0.05) is 16.4 Å². The van der Waals surface area contributed by atoms with Crippen molar-refractivity contribution < 1.29 is 14.0 Å². The Morgan fingerprint density at radius 1 is 1.22 bits per heavy atom. The predicted molar refractivity (Wildman–Crippen MR) is 103 cm³/mol. The third-order valence-corrected chi connectivity index (χ3v) is 5.02. The van der Waals surface area contributed by atoms with Crippen molar-refractivity contribution in [2.24, 2.45) is 0 Å². The number of thiophene rings is 1. The van der Waals surface area contributed by atoms with Crippen LogP contribution >= 0.6 is 22.9 Å². The van der Waals surface area contributed by atoms with Crippen LogP contribution in [-0.4, -0.2) is 18.4 Å². The van der Waals surface area contributed by atoms with Crippen molar-refractivity contribution in [3.05, 3.63) is 75.3 Å². The topological polar surface area (TPSA) is 95.1 Å². The van der Waals surface area contributed by atoms with E-state index in [1.165, 1.54) is 29.5 Å². The molecule has 0 aliphatic carbocycles. The second-order valence-corrected chi connectivity index (χ2v) is 6.96. The molecule has 2 aromatic heterocycles. The first-order valence-electron chi connectivity index (χ1n) is 7.94. The third-order valence-electron chi connectivity index (χ3n) is 3.80. The maximum atomic E-state index is 12.2. The monoisotopic (exact) mass is 399 g/mol. The van der Waals surface area contributed by atoms with Crippen LogP contribution in [0.4, 0.5) is 5.69 Å². The molecule has 2 N–H and O–H groups in total. The summed E-state index contributed by atoms with van der Waals surface area (Å²) in [5.74, 6) is -1.19. The van der Waals surface area contributed by atoms with E-state index in [0.29, 0.717) is 10.8 Å². The minimum atomic E-state index is -0.877. The van der Waals surface area contributed by atoms with Crippen molar-refractivity contribution in [3.63, 3.8) is 0 Å². The second kappa shape index (κ2) is 8.54. The van der Waals surface area contributed by atoms with Crippen LogP contribution < -0.4 is 10.6 Å². The average molecular weight is 400 g/mol. The van der Waals surface area contributed by atoms with E-state index in [1.54, 1.807) is 12.3 Å². The molecule has 0 saturated heterocycles. The predicted octanol–water partition coefficient (Wildman–Crippen LogP) is 3.75. The van der Waals surface area contributed by atoms with Crippen molar-refractivity contribution in [2.45, 2.75) is 5.92 Å². The first-order valence-corrected chi connectivity index (χ1v) is 9.20. The average Bonchev–Trinajstić information content (AvgIpc) is 3.36. The molecule has 27 heavy (non-hydrogen) atoms. The Labute approximate surface area is 164 Å². The maximum absolute atomic E-state index is 12.2. The van der Waals surface area contributed by atoms with Crippen LogP contribution in [0.2, 0.25) is 5.02 Å². The fourth-order valence-electron chi connectivity index (χ4n) is 2.49. The van der Waals surface area contributed by atoms with Gasteiger partial charge in [-0.2, -0.15) is 5.26 Å². The Bertz CT molecular complexity index is 944. The van der Waals surface area contributed by atoms with Crippen LogP contribution in [0, 0.1) is 11.3 Å². The molecule has 0 fully saturated rings. The number of nitrogens with zero attached hydrogens (tertiary/aromatic N) is 1. The Morgan fingerprint density at radius 2 is 2.07 bits per heavy atom. The lowest BCUT2D eigenvalue weighted by atomic mass is 10.0. The summed E-state index contributed by atoms with van der Waals surface area (Å²) in [7, 11) is 0. The zero-order valence-electron chi connectivity index (χ0n) is 13.9. The van der Waals surface area contributed by atoms with Crippen LogP contribution in [0.25, 0.3) is 0 Å². The standard InChI is InChI=1S/C19H14ClN3O3S/c20-13-6-5-12(10-21)15(9-13)23-19(25)18(24)22-11-14(16-3-1-7-26-16)17-4-2-8-27-17/h1-9,14H,11H2,(H,22,24)(H,23,25)/t14-/m0/s1. The van der Waals surface area contributed by atoms with E-state index in [1.807, 2.05) is 29.6 Å². The first-order chi connectivity index (χ1) is 13.1. The molecule has 0 radical (unpaired) electrons. The Morgan fingerprint density at radius 3 is 2.74 bits per heavy atom. The highest BCUT2D eigenvalue weighted by molar-refractivity contribution is 7.10. The van der Waals surface area contributed by atoms with Crippen LogP contribution in [-0.2, 0) is 9.59 Å². The van der Waals surface area contributed by atoms with Gasteiger partial charge in [0.1, 0.15) is 11.8 Å². The molecule has 0 aliphatic rings. The molecule has 136 valence electrons. The summed E-state index contributed by atoms with van der Waals surface area (Å²) in [6.07, 6.45) is 1.56. The maximum Gasteiger partial charge on any atom is 0.313 e. The molecule has 0 spiro atoms. The summed E-state index contributed by atoms with van der Waals surface area (Å²) in [5.41, 5.74) is 0.401. The highest BCUT2D eigenvalue weighted by Crippen LogP contribution is 2.28. The van der Waals surface area contributed by atoms with Gasteiger partial charge in [-0.1, -0.05) is 17.7 Å². The van der Waals surface area contributed by atoms with E-state index in [-0.39, 0.29) is 23.7 Å². The van der Waals surface area contributed by atoms with Crippen LogP contribution in [0.3, 0.4) is 0 Å². The number of benzene rings is 1. The van der Waals surface area contributed by atoms with Crippen LogP contribution in [0.15, 0.2) is 58.5 Å². The number of amides is 2. The SMILES string of the molecule is N#Cc1ccc(Cl)cc1NC(=O)C(=O)NC[C@@H](c1ccco1)c1cccs1. The number of furan rings is 1. The lowest BCUT2D eigenvalue weighted by Gasteiger charge is -2.14. The first kappa shape index (κ1) is 18.7. The molecule has 2 heterocycles. The summed E-state index contributed by atoms with van der Waals surface area (Å²) >= 11 is 7.42. The van der Waals surface area contributed by atoms with Gasteiger partial charge in [0.15, 0.2) is 0 Å². The zero-order chi connectivity index (χ0) is 19.2. The third kappa shape index (κ3) is 4.56. The largest absolute Gasteiger partial charge is 0.469 e. The minimum Gasteiger partial charge on any atom is -0.469 e. The van der Waals surface area contributed by atoms with Gasteiger partial charge >= 0.3 is 11.8 Å². The highest BCUT2D eigenvalue weighted by atomic mass is 35.5. The summed E-state index contributed by atoms with van der Waals surface area (Å²) in [6, 6.07) is 13.8. The molecule has 3 aromatic rings. The Hall–Kier alpha value is -3.08. The molecule has 6 nitrogen and oxygen atoms in total. The number of carbonyl (C=O) groups is 2. The van der Waals surface area contributed by atoms with Gasteiger partial charge in [0.2, 0.25) is 0 Å². The van der Waals surface area contributed by atoms with Crippen molar-refractivity contribution in [3.8, 4) is 6.07 Å². The molecular formula is C19H14ClN3O3S. The Kier molecular flexibility index (Phi) is 5.91. The number of rotatable bonds is 5. The summed E-state index contributed by atoms with van der Waals surface area (Å²) in [4.78, 5) is 25.4. The molecule has 0 saturated carbocycles. The van der Waals surface area contributed by atoms with E-state index in [4.69, 9.17) is 21.3 Å².